The summed E-state index contributed by atoms with van der Waals surface area (Å²) in [5.41, 5.74) is 3.12. The quantitative estimate of drug-likeness (QED) is 0.438. The third-order valence-electron chi connectivity index (χ3n) is 5.73. The lowest BCUT2D eigenvalue weighted by molar-refractivity contribution is -0.143. The fourth-order valence-corrected chi connectivity index (χ4v) is 3.88. The van der Waals surface area contributed by atoms with Crippen LogP contribution in [0.15, 0.2) is 72.8 Å². The Morgan fingerprint density at radius 3 is 2.25 bits per heavy atom. The highest BCUT2D eigenvalue weighted by atomic mass is 19.1. The molecule has 0 saturated heterocycles. The van der Waals surface area contributed by atoms with Crippen molar-refractivity contribution in [2.45, 2.75) is 59.2 Å². The van der Waals surface area contributed by atoms with Crippen LogP contribution >= 0.6 is 0 Å². The van der Waals surface area contributed by atoms with E-state index < -0.39 is 11.6 Å². The van der Waals surface area contributed by atoms with Crippen molar-refractivity contribution in [3.8, 4) is 5.75 Å². The first kappa shape index (κ1) is 26.9. The lowest BCUT2D eigenvalue weighted by Gasteiger charge is -2.33. The summed E-state index contributed by atoms with van der Waals surface area (Å²) in [5.74, 6) is -0.316. The second-order valence-electron chi connectivity index (χ2n) is 10.2. The van der Waals surface area contributed by atoms with Gasteiger partial charge in [-0.05, 0) is 75.1 Å². The van der Waals surface area contributed by atoms with Crippen molar-refractivity contribution in [3.05, 3.63) is 101 Å². The van der Waals surface area contributed by atoms with Gasteiger partial charge >= 0.3 is 0 Å². The van der Waals surface area contributed by atoms with Crippen molar-refractivity contribution in [3.63, 3.8) is 0 Å². The molecule has 2 amide bonds. The number of carbonyl (C=O) groups is 2. The monoisotopic (exact) mass is 490 g/mol. The molecule has 0 heterocycles. The lowest BCUT2D eigenvalue weighted by atomic mass is 10.0. The first-order valence-electron chi connectivity index (χ1n) is 12.1. The summed E-state index contributed by atoms with van der Waals surface area (Å²) in [7, 11) is 0. The summed E-state index contributed by atoms with van der Waals surface area (Å²) in [6.45, 7) is 9.51. The standard InChI is InChI=1S/C30H35FN2O3/c1-21-11-12-22(2)27(17-21)36-20-28(34)33(19-24-13-15-25(31)16-14-24)26(29(35)32-30(3,4)5)18-23-9-7-6-8-10-23/h6-17,26H,18-20H2,1-5H3,(H,32,35)/t26-/m1/s1. The molecular formula is C30H35FN2O3. The molecule has 36 heavy (non-hydrogen) atoms. The third-order valence-corrected chi connectivity index (χ3v) is 5.73. The molecule has 0 aliphatic heterocycles. The van der Waals surface area contributed by atoms with E-state index in [1.165, 1.54) is 17.0 Å². The molecule has 1 atom stereocenters. The van der Waals surface area contributed by atoms with Crippen molar-refractivity contribution < 1.29 is 18.7 Å². The normalized spacial score (nSPS) is 12.1. The molecule has 0 aliphatic carbocycles. The van der Waals surface area contributed by atoms with Crippen LogP contribution in [0.1, 0.15) is 43.0 Å². The molecule has 0 spiro atoms. The second kappa shape index (κ2) is 11.8. The van der Waals surface area contributed by atoms with E-state index in [0.717, 1.165) is 22.3 Å². The molecule has 190 valence electrons. The van der Waals surface area contributed by atoms with Crippen LogP contribution in [0.2, 0.25) is 0 Å². The van der Waals surface area contributed by atoms with E-state index in [1.807, 2.05) is 83.1 Å². The Hall–Kier alpha value is -3.67. The Morgan fingerprint density at radius 1 is 0.944 bits per heavy atom. The Balaban J connectivity index is 1.94. The molecule has 0 fully saturated rings. The van der Waals surface area contributed by atoms with Gasteiger partial charge in [-0.1, -0.05) is 54.6 Å². The van der Waals surface area contributed by atoms with Gasteiger partial charge in [0, 0.05) is 18.5 Å². The van der Waals surface area contributed by atoms with Gasteiger partial charge in [-0.25, -0.2) is 4.39 Å². The summed E-state index contributed by atoms with van der Waals surface area (Å²) in [4.78, 5) is 28.7. The van der Waals surface area contributed by atoms with E-state index in [9.17, 15) is 14.0 Å². The summed E-state index contributed by atoms with van der Waals surface area (Å²) in [6, 6.07) is 20.6. The first-order valence-corrected chi connectivity index (χ1v) is 12.1. The molecule has 3 aromatic carbocycles. The van der Waals surface area contributed by atoms with Gasteiger partial charge < -0.3 is 15.0 Å². The molecular weight excluding hydrogens is 455 g/mol. The predicted octanol–water partition coefficient (Wildman–Crippen LogP) is 5.38. The number of ether oxygens (including phenoxy) is 1. The van der Waals surface area contributed by atoms with E-state index in [4.69, 9.17) is 4.74 Å². The van der Waals surface area contributed by atoms with Crippen LogP contribution in [0.4, 0.5) is 4.39 Å². The smallest absolute Gasteiger partial charge is 0.261 e. The summed E-state index contributed by atoms with van der Waals surface area (Å²) in [5, 5.41) is 3.03. The number of halogens is 1. The fraction of sp³-hybridized carbons (Fsp3) is 0.333. The van der Waals surface area contributed by atoms with E-state index in [0.29, 0.717) is 12.2 Å². The number of rotatable bonds is 9. The van der Waals surface area contributed by atoms with Crippen molar-refractivity contribution in [1.82, 2.24) is 10.2 Å². The topological polar surface area (TPSA) is 58.6 Å². The number of nitrogens with one attached hydrogen (secondary N) is 1. The molecule has 0 aliphatic rings. The Kier molecular flexibility index (Phi) is 8.86. The third kappa shape index (κ3) is 7.94. The number of hydrogen-bond donors (Lipinski definition) is 1. The number of hydrogen-bond acceptors (Lipinski definition) is 3. The van der Waals surface area contributed by atoms with Gasteiger partial charge in [0.25, 0.3) is 5.91 Å². The molecule has 0 aromatic heterocycles. The molecule has 6 heteroatoms. The first-order chi connectivity index (χ1) is 17.0. The van der Waals surface area contributed by atoms with Gasteiger partial charge in [-0.15, -0.1) is 0 Å². The van der Waals surface area contributed by atoms with Gasteiger partial charge in [-0.2, -0.15) is 0 Å². The molecule has 0 bridgehead atoms. The summed E-state index contributed by atoms with van der Waals surface area (Å²) >= 11 is 0. The molecule has 3 aromatic rings. The fourth-order valence-electron chi connectivity index (χ4n) is 3.88. The zero-order chi connectivity index (χ0) is 26.3. The summed E-state index contributed by atoms with van der Waals surface area (Å²) < 4.78 is 19.5. The Labute approximate surface area is 213 Å². The minimum absolute atomic E-state index is 0.143. The number of carbonyl (C=O) groups excluding carboxylic acids is 2. The summed E-state index contributed by atoms with van der Waals surface area (Å²) in [6.07, 6.45) is 0.333. The minimum Gasteiger partial charge on any atom is -0.483 e. The van der Waals surface area contributed by atoms with Gasteiger partial charge in [0.05, 0.1) is 0 Å². The highest BCUT2D eigenvalue weighted by Gasteiger charge is 2.32. The molecule has 0 radical (unpaired) electrons. The van der Waals surface area contributed by atoms with Gasteiger partial charge in [0.2, 0.25) is 5.91 Å². The van der Waals surface area contributed by atoms with Crippen molar-refractivity contribution in [2.24, 2.45) is 0 Å². The maximum Gasteiger partial charge on any atom is 0.261 e. The van der Waals surface area contributed by atoms with Crippen LogP contribution in [-0.4, -0.2) is 34.9 Å². The molecule has 0 saturated carbocycles. The van der Waals surface area contributed by atoms with Crippen LogP contribution < -0.4 is 10.1 Å². The van der Waals surface area contributed by atoms with Gasteiger partial charge in [0.15, 0.2) is 6.61 Å². The number of aryl methyl sites for hydroxylation is 2. The number of benzene rings is 3. The highest BCUT2D eigenvalue weighted by molar-refractivity contribution is 5.89. The Morgan fingerprint density at radius 2 is 1.61 bits per heavy atom. The van der Waals surface area contributed by atoms with Crippen molar-refractivity contribution >= 4 is 11.8 Å². The zero-order valence-electron chi connectivity index (χ0n) is 21.7. The predicted molar refractivity (Wildman–Crippen MR) is 140 cm³/mol. The number of nitrogens with zero attached hydrogens (tertiary/aromatic N) is 1. The molecule has 3 rings (SSSR count). The molecule has 1 N–H and O–H groups in total. The van der Waals surface area contributed by atoms with E-state index in [2.05, 4.69) is 5.32 Å². The van der Waals surface area contributed by atoms with E-state index in [1.54, 1.807) is 12.1 Å². The highest BCUT2D eigenvalue weighted by Crippen LogP contribution is 2.21. The van der Waals surface area contributed by atoms with Gasteiger partial charge in [0.1, 0.15) is 17.6 Å². The van der Waals surface area contributed by atoms with Crippen LogP contribution in [0.25, 0.3) is 0 Å². The van der Waals surface area contributed by atoms with Crippen molar-refractivity contribution in [1.29, 1.82) is 0 Å². The largest absolute Gasteiger partial charge is 0.483 e. The van der Waals surface area contributed by atoms with Crippen molar-refractivity contribution in [2.75, 3.05) is 6.61 Å². The van der Waals surface area contributed by atoms with Crippen LogP contribution in [-0.2, 0) is 22.6 Å². The maximum atomic E-state index is 13.6. The number of amides is 2. The Bertz CT molecular complexity index is 1170. The molecule has 5 nitrogen and oxygen atoms in total. The van der Waals surface area contributed by atoms with Crippen LogP contribution in [0.5, 0.6) is 5.75 Å². The SMILES string of the molecule is Cc1ccc(C)c(OCC(=O)N(Cc2ccc(F)cc2)[C@H](Cc2ccccc2)C(=O)NC(C)(C)C)c1. The van der Waals surface area contributed by atoms with Crippen LogP contribution in [0, 0.1) is 19.7 Å². The average molecular weight is 491 g/mol. The second-order valence-corrected chi connectivity index (χ2v) is 10.2. The van der Waals surface area contributed by atoms with E-state index in [-0.39, 0.29) is 30.8 Å². The lowest BCUT2D eigenvalue weighted by Crippen LogP contribution is -2.55. The average Bonchev–Trinajstić information content (AvgIpc) is 2.82. The molecule has 0 unspecified atom stereocenters. The van der Waals surface area contributed by atoms with E-state index >= 15 is 0 Å². The zero-order valence-corrected chi connectivity index (χ0v) is 21.7. The van der Waals surface area contributed by atoms with Crippen LogP contribution in [0.3, 0.4) is 0 Å². The minimum atomic E-state index is -0.786. The van der Waals surface area contributed by atoms with Gasteiger partial charge in [-0.3, -0.25) is 9.59 Å². The maximum absolute atomic E-state index is 13.6.